The molecule has 0 aliphatic rings. The molecule has 0 fully saturated rings. The molecule has 1 heterocycles. The van der Waals surface area contributed by atoms with E-state index in [0.29, 0.717) is 27.7 Å². The summed E-state index contributed by atoms with van der Waals surface area (Å²) < 4.78 is 15.5. The summed E-state index contributed by atoms with van der Waals surface area (Å²) in [5, 5.41) is 1.82. The normalized spacial score (nSPS) is 10.1. The van der Waals surface area contributed by atoms with Gasteiger partial charge in [-0.2, -0.15) is 0 Å². The van der Waals surface area contributed by atoms with Gasteiger partial charge in [0.25, 0.3) is 0 Å². The number of carbonyl (C=O) groups is 1. The average Bonchev–Trinajstić information content (AvgIpc) is 2.94. The van der Waals surface area contributed by atoms with Crippen LogP contribution in [0, 0.1) is 0 Å². The molecule has 2 rings (SSSR count). The monoisotopic (exact) mass is 278 g/mol. The molecule has 19 heavy (non-hydrogen) atoms. The van der Waals surface area contributed by atoms with Crippen LogP contribution in [0.4, 0.5) is 0 Å². The minimum atomic E-state index is -0.119. The van der Waals surface area contributed by atoms with E-state index >= 15 is 0 Å². The van der Waals surface area contributed by atoms with Crippen LogP contribution in [-0.2, 0) is 0 Å². The third-order valence-corrected chi connectivity index (χ3v) is 3.60. The zero-order chi connectivity index (χ0) is 13.8. The van der Waals surface area contributed by atoms with Gasteiger partial charge >= 0.3 is 0 Å². The Kier molecular flexibility index (Phi) is 4.06. The maximum atomic E-state index is 12.5. The molecule has 0 N–H and O–H groups in total. The highest BCUT2D eigenvalue weighted by Gasteiger charge is 2.20. The summed E-state index contributed by atoms with van der Waals surface area (Å²) in [7, 11) is 4.64. The number of ether oxygens (including phenoxy) is 3. The first kappa shape index (κ1) is 13.4. The van der Waals surface area contributed by atoms with Crippen molar-refractivity contribution >= 4 is 17.1 Å². The molecule has 0 bridgehead atoms. The van der Waals surface area contributed by atoms with Crippen molar-refractivity contribution < 1.29 is 19.0 Å². The topological polar surface area (TPSA) is 44.8 Å². The summed E-state index contributed by atoms with van der Waals surface area (Å²) >= 11 is 1.34. The number of benzene rings is 1. The summed E-state index contributed by atoms with van der Waals surface area (Å²) in [6.07, 6.45) is 0. The smallest absolute Gasteiger partial charge is 0.210 e. The average molecular weight is 278 g/mol. The van der Waals surface area contributed by atoms with Gasteiger partial charge in [-0.1, -0.05) is 0 Å². The third kappa shape index (κ3) is 2.56. The Hall–Kier alpha value is -2.01. The number of ketones is 1. The zero-order valence-corrected chi connectivity index (χ0v) is 11.7. The molecule has 5 heteroatoms. The molecule has 0 spiro atoms. The van der Waals surface area contributed by atoms with Crippen molar-refractivity contribution in [3.05, 3.63) is 40.1 Å². The second-order valence-corrected chi connectivity index (χ2v) is 4.63. The quantitative estimate of drug-likeness (QED) is 0.789. The van der Waals surface area contributed by atoms with Crippen LogP contribution < -0.4 is 14.2 Å². The molecule has 0 aliphatic heterocycles. The van der Waals surface area contributed by atoms with Gasteiger partial charge in [-0.3, -0.25) is 4.79 Å². The lowest BCUT2D eigenvalue weighted by atomic mass is 10.1. The van der Waals surface area contributed by atoms with Gasteiger partial charge in [-0.05, 0) is 23.6 Å². The molecule has 2 aromatic rings. The molecule has 0 amide bonds. The van der Waals surface area contributed by atoms with Gasteiger partial charge in [0, 0.05) is 6.07 Å². The molecule has 1 aromatic carbocycles. The maximum Gasteiger partial charge on any atom is 0.210 e. The van der Waals surface area contributed by atoms with E-state index < -0.39 is 0 Å². The van der Waals surface area contributed by atoms with Crippen LogP contribution in [0.15, 0.2) is 29.6 Å². The fourth-order valence-corrected chi connectivity index (χ4v) is 2.54. The van der Waals surface area contributed by atoms with Crippen molar-refractivity contribution in [2.45, 2.75) is 0 Å². The van der Waals surface area contributed by atoms with Crippen molar-refractivity contribution in [2.24, 2.45) is 0 Å². The van der Waals surface area contributed by atoms with Crippen molar-refractivity contribution in [3.8, 4) is 17.2 Å². The van der Waals surface area contributed by atoms with E-state index in [2.05, 4.69) is 0 Å². The molecule has 0 atom stereocenters. The van der Waals surface area contributed by atoms with E-state index in [0.717, 1.165) is 0 Å². The molecule has 0 saturated carbocycles. The number of hydrogen-bond donors (Lipinski definition) is 0. The minimum Gasteiger partial charge on any atom is -0.497 e. The largest absolute Gasteiger partial charge is 0.497 e. The third-order valence-electron chi connectivity index (χ3n) is 2.71. The standard InChI is InChI=1S/C14H14O4S/c1-16-9-4-5-10(12(8-9)18-3)13(15)14-11(17-2)6-7-19-14/h4-8H,1-3H3. The highest BCUT2D eigenvalue weighted by Crippen LogP contribution is 2.32. The molecule has 0 radical (unpaired) electrons. The predicted octanol–water partition coefficient (Wildman–Crippen LogP) is 3.00. The highest BCUT2D eigenvalue weighted by molar-refractivity contribution is 7.12. The Morgan fingerprint density at radius 2 is 1.74 bits per heavy atom. The van der Waals surface area contributed by atoms with Crippen LogP contribution >= 0.6 is 11.3 Å². The first-order chi connectivity index (χ1) is 9.21. The summed E-state index contributed by atoms with van der Waals surface area (Å²) in [5.74, 6) is 1.59. The van der Waals surface area contributed by atoms with Gasteiger partial charge in [0.2, 0.25) is 5.78 Å². The fourth-order valence-electron chi connectivity index (χ4n) is 1.73. The lowest BCUT2D eigenvalue weighted by Crippen LogP contribution is -2.04. The summed E-state index contributed by atoms with van der Waals surface area (Å²) in [6.45, 7) is 0. The SMILES string of the molecule is COc1ccc(C(=O)c2sccc2OC)c(OC)c1. The zero-order valence-electron chi connectivity index (χ0n) is 10.9. The van der Waals surface area contributed by atoms with Gasteiger partial charge in [-0.25, -0.2) is 0 Å². The highest BCUT2D eigenvalue weighted by atomic mass is 32.1. The number of thiophene rings is 1. The van der Waals surface area contributed by atoms with Crippen LogP contribution in [0.25, 0.3) is 0 Å². The molecule has 4 nitrogen and oxygen atoms in total. The molecular weight excluding hydrogens is 264 g/mol. The van der Waals surface area contributed by atoms with Crippen LogP contribution in [0.2, 0.25) is 0 Å². The summed E-state index contributed by atoms with van der Waals surface area (Å²) in [4.78, 5) is 13.0. The van der Waals surface area contributed by atoms with Crippen LogP contribution in [0.3, 0.4) is 0 Å². The lowest BCUT2D eigenvalue weighted by molar-refractivity contribution is 0.103. The van der Waals surface area contributed by atoms with Gasteiger partial charge < -0.3 is 14.2 Å². The number of carbonyl (C=O) groups excluding carboxylic acids is 1. The second kappa shape index (κ2) is 5.75. The maximum absolute atomic E-state index is 12.5. The predicted molar refractivity (Wildman–Crippen MR) is 73.8 cm³/mol. The Morgan fingerprint density at radius 1 is 1.00 bits per heavy atom. The Balaban J connectivity index is 2.44. The number of hydrogen-bond acceptors (Lipinski definition) is 5. The second-order valence-electron chi connectivity index (χ2n) is 3.71. The Bertz CT molecular complexity index is 589. The first-order valence-corrected chi connectivity index (χ1v) is 6.47. The molecule has 100 valence electrons. The van der Waals surface area contributed by atoms with Crippen LogP contribution in [-0.4, -0.2) is 27.1 Å². The molecule has 1 aromatic heterocycles. The van der Waals surface area contributed by atoms with Crippen molar-refractivity contribution in [2.75, 3.05) is 21.3 Å². The number of methoxy groups -OCH3 is 3. The van der Waals surface area contributed by atoms with Crippen LogP contribution in [0.5, 0.6) is 17.2 Å². The van der Waals surface area contributed by atoms with Gasteiger partial charge in [0.1, 0.15) is 22.1 Å². The molecule has 0 unspecified atom stereocenters. The van der Waals surface area contributed by atoms with Gasteiger partial charge in [-0.15, -0.1) is 11.3 Å². The fraction of sp³-hybridized carbons (Fsp3) is 0.214. The van der Waals surface area contributed by atoms with E-state index in [9.17, 15) is 4.79 Å². The summed E-state index contributed by atoms with van der Waals surface area (Å²) in [5.41, 5.74) is 0.490. The van der Waals surface area contributed by atoms with E-state index in [-0.39, 0.29) is 5.78 Å². The van der Waals surface area contributed by atoms with E-state index in [1.165, 1.54) is 18.4 Å². The molecule has 0 saturated heterocycles. The Morgan fingerprint density at radius 3 is 2.37 bits per heavy atom. The van der Waals surface area contributed by atoms with Crippen molar-refractivity contribution in [3.63, 3.8) is 0 Å². The van der Waals surface area contributed by atoms with E-state index in [1.807, 2.05) is 5.38 Å². The van der Waals surface area contributed by atoms with E-state index in [4.69, 9.17) is 14.2 Å². The Labute approximate surface area is 115 Å². The van der Waals surface area contributed by atoms with Crippen molar-refractivity contribution in [1.82, 2.24) is 0 Å². The van der Waals surface area contributed by atoms with E-state index in [1.54, 1.807) is 38.5 Å². The van der Waals surface area contributed by atoms with Gasteiger partial charge in [0.15, 0.2) is 0 Å². The first-order valence-electron chi connectivity index (χ1n) is 5.59. The number of rotatable bonds is 5. The van der Waals surface area contributed by atoms with Crippen molar-refractivity contribution in [1.29, 1.82) is 0 Å². The summed E-state index contributed by atoms with van der Waals surface area (Å²) in [6, 6.07) is 6.89. The minimum absolute atomic E-state index is 0.119. The van der Waals surface area contributed by atoms with Gasteiger partial charge in [0.05, 0.1) is 26.9 Å². The molecule has 0 aliphatic carbocycles. The molecular formula is C14H14O4S. The van der Waals surface area contributed by atoms with Crippen LogP contribution in [0.1, 0.15) is 15.2 Å². The lowest BCUT2D eigenvalue weighted by Gasteiger charge is -2.09.